The van der Waals surface area contributed by atoms with E-state index in [1.54, 1.807) is 0 Å². The Kier molecular flexibility index (Phi) is 5.62. The zero-order chi connectivity index (χ0) is 17.2. The van der Waals surface area contributed by atoms with E-state index < -0.39 is 20.1 Å². The van der Waals surface area contributed by atoms with E-state index in [2.05, 4.69) is 33.9 Å². The lowest BCUT2D eigenvalue weighted by Crippen LogP contribution is -2.41. The highest BCUT2D eigenvalue weighted by atomic mass is 28.4. The second kappa shape index (κ2) is 6.54. The Morgan fingerprint density at radius 3 is 2.27 bits per heavy atom. The molecule has 0 saturated carbocycles. The lowest BCUT2D eigenvalue weighted by Gasteiger charge is -2.36. The monoisotopic (exact) mass is 332 g/mol. The predicted molar refractivity (Wildman–Crippen MR) is 83.5 cm³/mol. The van der Waals surface area contributed by atoms with Crippen LogP contribution in [0.15, 0.2) is 24.3 Å². The number of carbonyl (C=O) groups excluding carboxylic acids is 1. The number of benzene rings is 1. The fraction of sp³-hybridized carbons (Fsp3) is 0.562. The third-order valence-corrected chi connectivity index (χ3v) is 8.65. The molecule has 1 rings (SSSR count). The van der Waals surface area contributed by atoms with Gasteiger partial charge < -0.3 is 4.43 Å². The molecule has 0 spiro atoms. The predicted octanol–water partition coefficient (Wildman–Crippen LogP) is 5.30. The molecule has 0 N–H and O–H groups in total. The Balaban J connectivity index is 2.68. The summed E-state index contributed by atoms with van der Waals surface area (Å²) in [6.45, 7) is 10.7. The van der Waals surface area contributed by atoms with Crippen molar-refractivity contribution < 1.29 is 22.4 Å². The van der Waals surface area contributed by atoms with Crippen LogP contribution in [0, 0.1) is 0 Å². The third kappa shape index (κ3) is 4.95. The van der Waals surface area contributed by atoms with E-state index in [-0.39, 0.29) is 29.4 Å². The zero-order valence-electron chi connectivity index (χ0n) is 13.7. The molecule has 0 amide bonds. The minimum Gasteiger partial charge on any atom is -0.416 e. The Hall–Kier alpha value is -1.14. The molecule has 1 aromatic carbocycles. The maximum atomic E-state index is 12.6. The minimum absolute atomic E-state index is 0.0340. The molecule has 0 heterocycles. The molecule has 124 valence electrons. The fourth-order valence-electron chi connectivity index (χ4n) is 1.63. The summed E-state index contributed by atoms with van der Waals surface area (Å²) in [6, 6.07) is 4.52. The Morgan fingerprint density at radius 1 is 1.18 bits per heavy atom. The number of alkyl halides is 3. The van der Waals surface area contributed by atoms with Gasteiger partial charge in [-0.2, -0.15) is 13.2 Å². The summed E-state index contributed by atoms with van der Waals surface area (Å²) < 4.78 is 43.8. The van der Waals surface area contributed by atoms with Crippen molar-refractivity contribution in [2.75, 3.05) is 6.61 Å². The van der Waals surface area contributed by atoms with Gasteiger partial charge in [-0.15, -0.1) is 0 Å². The molecule has 0 atom stereocenters. The average Bonchev–Trinajstić information content (AvgIpc) is 2.36. The molecule has 0 radical (unpaired) electrons. The lowest BCUT2D eigenvalue weighted by molar-refractivity contribution is -0.137. The van der Waals surface area contributed by atoms with Crippen LogP contribution in [-0.4, -0.2) is 20.7 Å². The first-order valence-corrected chi connectivity index (χ1v) is 10.1. The van der Waals surface area contributed by atoms with Gasteiger partial charge in [0, 0.05) is 18.6 Å². The van der Waals surface area contributed by atoms with Gasteiger partial charge in [0.15, 0.2) is 14.1 Å². The SMILES string of the molecule is CC(C)(C)[Si](C)(C)OCCC(=O)c1cccc(C(F)(F)F)c1. The number of Topliss-reactive ketones (excluding diaryl/α,β-unsaturated/α-hetero) is 1. The highest BCUT2D eigenvalue weighted by molar-refractivity contribution is 6.74. The average molecular weight is 332 g/mol. The zero-order valence-corrected chi connectivity index (χ0v) is 14.7. The van der Waals surface area contributed by atoms with Crippen LogP contribution in [-0.2, 0) is 10.6 Å². The van der Waals surface area contributed by atoms with Crippen LogP contribution in [0.1, 0.15) is 43.1 Å². The highest BCUT2D eigenvalue weighted by Gasteiger charge is 2.37. The standard InChI is InChI=1S/C16H23F3O2Si/c1-15(2,3)22(4,5)21-10-9-14(20)12-7-6-8-13(11-12)16(17,18)19/h6-8,11H,9-10H2,1-5H3. The van der Waals surface area contributed by atoms with Crippen molar-refractivity contribution in [2.45, 2.75) is 51.5 Å². The molecule has 0 aliphatic rings. The molecule has 0 unspecified atom stereocenters. The first-order valence-electron chi connectivity index (χ1n) is 7.19. The molecule has 6 heteroatoms. The summed E-state index contributed by atoms with van der Waals surface area (Å²) in [7, 11) is -1.95. The molecule has 0 saturated heterocycles. The van der Waals surface area contributed by atoms with Gasteiger partial charge in [0.05, 0.1) is 5.56 Å². The number of halogens is 3. The molecule has 0 aromatic heterocycles. The number of ketones is 1. The number of rotatable bonds is 5. The Morgan fingerprint density at radius 2 is 1.77 bits per heavy atom. The fourth-order valence-corrected chi connectivity index (χ4v) is 2.67. The molecular formula is C16H23F3O2Si. The van der Waals surface area contributed by atoms with Gasteiger partial charge in [-0.3, -0.25) is 4.79 Å². The van der Waals surface area contributed by atoms with Crippen molar-refractivity contribution in [3.05, 3.63) is 35.4 Å². The van der Waals surface area contributed by atoms with E-state index in [1.165, 1.54) is 12.1 Å². The summed E-state index contributed by atoms with van der Waals surface area (Å²) in [5.74, 6) is -0.329. The van der Waals surface area contributed by atoms with E-state index in [0.717, 1.165) is 12.1 Å². The van der Waals surface area contributed by atoms with Gasteiger partial charge in [0.25, 0.3) is 0 Å². The van der Waals surface area contributed by atoms with Gasteiger partial charge in [-0.1, -0.05) is 32.9 Å². The Bertz CT molecular complexity index is 531. The third-order valence-electron chi connectivity index (χ3n) is 4.11. The van der Waals surface area contributed by atoms with Crippen molar-refractivity contribution in [3.8, 4) is 0 Å². The maximum Gasteiger partial charge on any atom is 0.416 e. The number of hydrogen-bond donors (Lipinski definition) is 0. The maximum absolute atomic E-state index is 12.6. The Labute approximate surface area is 130 Å². The van der Waals surface area contributed by atoms with Crippen LogP contribution in [0.25, 0.3) is 0 Å². The largest absolute Gasteiger partial charge is 0.416 e. The van der Waals surface area contributed by atoms with Crippen LogP contribution >= 0.6 is 0 Å². The van der Waals surface area contributed by atoms with Crippen molar-refractivity contribution in [1.82, 2.24) is 0 Å². The van der Waals surface area contributed by atoms with E-state index in [1.807, 2.05) is 0 Å². The molecule has 2 nitrogen and oxygen atoms in total. The smallest absolute Gasteiger partial charge is 0.416 e. The molecule has 22 heavy (non-hydrogen) atoms. The second-order valence-corrected chi connectivity index (χ2v) is 11.7. The molecule has 1 aromatic rings. The first kappa shape index (κ1) is 18.9. The first-order chi connectivity index (χ1) is 9.84. The lowest BCUT2D eigenvalue weighted by atomic mass is 10.1. The minimum atomic E-state index is -4.44. The highest BCUT2D eigenvalue weighted by Crippen LogP contribution is 2.36. The van der Waals surface area contributed by atoms with Gasteiger partial charge in [-0.25, -0.2) is 0 Å². The van der Waals surface area contributed by atoms with Gasteiger partial charge in [-0.05, 0) is 30.3 Å². The normalized spacial score (nSPS) is 13.3. The van der Waals surface area contributed by atoms with Crippen LogP contribution in [0.5, 0.6) is 0 Å². The van der Waals surface area contributed by atoms with Crippen molar-refractivity contribution in [3.63, 3.8) is 0 Å². The molecule has 0 aliphatic carbocycles. The molecule has 0 aliphatic heterocycles. The molecule has 0 bridgehead atoms. The second-order valence-electron chi connectivity index (χ2n) is 6.86. The van der Waals surface area contributed by atoms with Crippen LogP contribution in [0.3, 0.4) is 0 Å². The number of hydrogen-bond acceptors (Lipinski definition) is 2. The summed E-state index contributed by atoms with van der Waals surface area (Å²) in [6.07, 6.45) is -4.35. The van der Waals surface area contributed by atoms with E-state index >= 15 is 0 Å². The van der Waals surface area contributed by atoms with E-state index in [9.17, 15) is 18.0 Å². The summed E-state index contributed by atoms with van der Waals surface area (Å²) in [5, 5.41) is 0.0340. The van der Waals surface area contributed by atoms with Crippen LogP contribution in [0.4, 0.5) is 13.2 Å². The van der Waals surface area contributed by atoms with Crippen molar-refractivity contribution in [2.24, 2.45) is 0 Å². The summed E-state index contributed by atoms with van der Waals surface area (Å²) >= 11 is 0. The van der Waals surface area contributed by atoms with Gasteiger partial charge in [0.1, 0.15) is 0 Å². The van der Waals surface area contributed by atoms with Gasteiger partial charge in [0.2, 0.25) is 0 Å². The van der Waals surface area contributed by atoms with Crippen molar-refractivity contribution in [1.29, 1.82) is 0 Å². The summed E-state index contributed by atoms with van der Waals surface area (Å²) in [5.41, 5.74) is -0.725. The number of carbonyl (C=O) groups is 1. The van der Waals surface area contributed by atoms with Crippen molar-refractivity contribution >= 4 is 14.1 Å². The topological polar surface area (TPSA) is 26.3 Å². The quantitative estimate of drug-likeness (QED) is 0.540. The van der Waals surface area contributed by atoms with Gasteiger partial charge >= 0.3 is 6.18 Å². The molecule has 0 fully saturated rings. The summed E-state index contributed by atoms with van der Waals surface area (Å²) in [4.78, 5) is 12.0. The van der Waals surface area contributed by atoms with E-state index in [4.69, 9.17) is 4.43 Å². The van der Waals surface area contributed by atoms with E-state index in [0.29, 0.717) is 0 Å². The van der Waals surface area contributed by atoms with Crippen LogP contribution < -0.4 is 0 Å². The molecular weight excluding hydrogens is 309 g/mol. The van der Waals surface area contributed by atoms with Crippen LogP contribution in [0.2, 0.25) is 18.1 Å².